The van der Waals surface area contributed by atoms with E-state index in [-0.39, 0.29) is 0 Å². The van der Waals surface area contributed by atoms with Crippen molar-refractivity contribution in [3.8, 4) is 0 Å². The maximum absolute atomic E-state index is 4.23. The molecule has 1 heterocycles. The highest BCUT2D eigenvalue weighted by Gasteiger charge is 2.01. The van der Waals surface area contributed by atoms with Crippen molar-refractivity contribution in [1.29, 1.82) is 0 Å². The number of nitrogens with zero attached hydrogens (tertiary/aromatic N) is 1. The number of rotatable bonds is 8. The van der Waals surface area contributed by atoms with Crippen LogP contribution in [-0.2, 0) is 0 Å². The van der Waals surface area contributed by atoms with Gasteiger partial charge in [0.2, 0.25) is 0 Å². The van der Waals surface area contributed by atoms with Crippen LogP contribution in [0.15, 0.2) is 95.8 Å². The topological polar surface area (TPSA) is 12.9 Å². The molecule has 29 heavy (non-hydrogen) atoms. The van der Waals surface area contributed by atoms with Gasteiger partial charge in [0.15, 0.2) is 0 Å². The molecule has 0 aliphatic carbocycles. The van der Waals surface area contributed by atoms with Gasteiger partial charge in [0.05, 0.1) is 5.69 Å². The van der Waals surface area contributed by atoms with E-state index in [1.54, 1.807) is 6.08 Å². The molecule has 0 aromatic carbocycles. The molecule has 0 saturated carbocycles. The molecule has 0 saturated heterocycles. The van der Waals surface area contributed by atoms with Gasteiger partial charge in [-0.3, -0.25) is 4.98 Å². The molecule has 0 aliphatic heterocycles. The first kappa shape index (κ1) is 26.3. The number of hydrogen-bond donors (Lipinski definition) is 0. The van der Waals surface area contributed by atoms with Crippen LogP contribution in [0.1, 0.15) is 65.6 Å². The molecule has 1 nitrogen and oxygen atoms in total. The van der Waals surface area contributed by atoms with Gasteiger partial charge in [-0.1, -0.05) is 86.2 Å². The van der Waals surface area contributed by atoms with Gasteiger partial charge >= 0.3 is 0 Å². The summed E-state index contributed by atoms with van der Waals surface area (Å²) >= 11 is 0. The summed E-state index contributed by atoms with van der Waals surface area (Å²) in [6.07, 6.45) is 22.6. The Morgan fingerprint density at radius 2 is 1.83 bits per heavy atom. The fourth-order valence-electron chi connectivity index (χ4n) is 2.46. The Hall–Kier alpha value is -2.67. The predicted molar refractivity (Wildman–Crippen MR) is 133 cm³/mol. The second-order valence-electron chi connectivity index (χ2n) is 6.96. The normalized spacial score (nSPS) is 12.4. The number of pyridine rings is 1. The monoisotopic (exact) mass is 389 g/mol. The lowest BCUT2D eigenvalue weighted by Gasteiger charge is -2.08. The number of aryl methyl sites for hydroxylation is 1. The molecule has 0 bridgehead atoms. The molecule has 0 fully saturated rings. The van der Waals surface area contributed by atoms with E-state index in [1.165, 1.54) is 27.9 Å². The number of hydrogen-bond acceptors (Lipinski definition) is 1. The third-order valence-corrected chi connectivity index (χ3v) is 4.34. The van der Waals surface area contributed by atoms with Crippen molar-refractivity contribution in [3.05, 3.63) is 107 Å². The molecular weight excluding hydrogens is 350 g/mol. The zero-order valence-corrected chi connectivity index (χ0v) is 19.5. The molecule has 156 valence electrons. The lowest BCUT2D eigenvalue weighted by atomic mass is 9.97. The van der Waals surface area contributed by atoms with Crippen LogP contribution in [0.2, 0.25) is 0 Å². The Morgan fingerprint density at radius 1 is 1.10 bits per heavy atom. The van der Waals surface area contributed by atoms with Crippen LogP contribution < -0.4 is 0 Å². The summed E-state index contributed by atoms with van der Waals surface area (Å²) in [5, 5.41) is 0. The lowest BCUT2D eigenvalue weighted by molar-refractivity contribution is 1.10. The fraction of sp³-hybridized carbons (Fsp3) is 0.321. The molecule has 0 aliphatic rings. The van der Waals surface area contributed by atoms with Gasteiger partial charge in [-0.25, -0.2) is 0 Å². The van der Waals surface area contributed by atoms with Crippen molar-refractivity contribution in [2.24, 2.45) is 0 Å². The summed E-state index contributed by atoms with van der Waals surface area (Å²) < 4.78 is 0. The van der Waals surface area contributed by atoms with Crippen molar-refractivity contribution in [2.45, 2.75) is 61.3 Å². The number of aromatic nitrogens is 1. The minimum atomic E-state index is 1.03. The highest BCUT2D eigenvalue weighted by atomic mass is 14.7. The average Bonchev–Trinajstić information content (AvgIpc) is 2.72. The Balaban J connectivity index is 0.000000604. The summed E-state index contributed by atoms with van der Waals surface area (Å²) in [6.45, 7) is 18.6. The van der Waals surface area contributed by atoms with Crippen molar-refractivity contribution in [3.63, 3.8) is 0 Å². The van der Waals surface area contributed by atoms with Crippen LogP contribution in [-0.4, -0.2) is 4.98 Å². The minimum absolute atomic E-state index is 1.03. The van der Waals surface area contributed by atoms with Crippen molar-refractivity contribution < 1.29 is 0 Å². The SMILES string of the molecule is C=C/C=C\C=C(/CC)C(/C=C\C(C)=C/C)=C(C)C.CC/C=C\c1ncccc1C. The highest BCUT2D eigenvalue weighted by Crippen LogP contribution is 2.20. The average molecular weight is 390 g/mol. The smallest absolute Gasteiger partial charge is 0.0655 e. The van der Waals surface area contributed by atoms with Crippen molar-refractivity contribution in [2.75, 3.05) is 0 Å². The predicted octanol–water partition coefficient (Wildman–Crippen LogP) is 8.74. The van der Waals surface area contributed by atoms with Crippen LogP contribution in [0.25, 0.3) is 6.08 Å². The van der Waals surface area contributed by atoms with Crippen LogP contribution >= 0.6 is 0 Å². The molecule has 0 radical (unpaired) electrons. The maximum atomic E-state index is 4.23. The third kappa shape index (κ3) is 11.7. The summed E-state index contributed by atoms with van der Waals surface area (Å²) in [6, 6.07) is 4.03. The Bertz CT molecular complexity index is 791. The van der Waals surface area contributed by atoms with Crippen LogP contribution in [0.5, 0.6) is 0 Å². The van der Waals surface area contributed by atoms with Crippen molar-refractivity contribution >= 4 is 6.08 Å². The second-order valence-corrected chi connectivity index (χ2v) is 6.96. The lowest BCUT2D eigenvalue weighted by Crippen LogP contribution is -1.88. The van der Waals surface area contributed by atoms with E-state index >= 15 is 0 Å². The molecule has 0 atom stereocenters. The zero-order chi connectivity index (χ0) is 22.1. The molecule has 1 aromatic rings. The highest BCUT2D eigenvalue weighted by molar-refractivity contribution is 5.48. The van der Waals surface area contributed by atoms with Gasteiger partial charge in [0.25, 0.3) is 0 Å². The molecular formula is C28H39N. The van der Waals surface area contributed by atoms with E-state index in [4.69, 9.17) is 0 Å². The first-order valence-corrected chi connectivity index (χ1v) is 10.5. The molecule has 0 amide bonds. The molecule has 1 aromatic heterocycles. The summed E-state index contributed by atoms with van der Waals surface area (Å²) in [5.41, 5.74) is 7.62. The van der Waals surface area contributed by atoms with Crippen molar-refractivity contribution in [1.82, 2.24) is 4.98 Å². The standard InChI is InChI=1S/C18H26.C10H13N/c1-7-10-11-12-17(9-3)18(15(4)5)14-13-16(6)8-2;1-3-4-7-10-9(2)6-5-8-11-10/h7-8,10-14H,1,9H2,2-6H3;4-8H,3H2,1-2H3/b11-10-,14-13-,16-8-,17-12+;7-4-. The zero-order valence-electron chi connectivity index (χ0n) is 19.5. The first-order valence-electron chi connectivity index (χ1n) is 10.5. The maximum Gasteiger partial charge on any atom is 0.0655 e. The van der Waals surface area contributed by atoms with Crippen LogP contribution in [0.3, 0.4) is 0 Å². The molecule has 1 heteroatoms. The summed E-state index contributed by atoms with van der Waals surface area (Å²) in [5.74, 6) is 0. The second kappa shape index (κ2) is 16.3. The molecule has 0 unspecified atom stereocenters. The van der Waals surface area contributed by atoms with E-state index in [9.17, 15) is 0 Å². The number of allylic oxidation sites excluding steroid dienone is 12. The summed E-state index contributed by atoms with van der Waals surface area (Å²) in [4.78, 5) is 4.23. The fourth-order valence-corrected chi connectivity index (χ4v) is 2.46. The van der Waals surface area contributed by atoms with Crippen LogP contribution in [0.4, 0.5) is 0 Å². The van der Waals surface area contributed by atoms with E-state index in [2.05, 4.69) is 103 Å². The Kier molecular flexibility index (Phi) is 14.8. The van der Waals surface area contributed by atoms with Crippen LogP contribution in [0, 0.1) is 6.92 Å². The van der Waals surface area contributed by atoms with E-state index in [0.717, 1.165) is 18.5 Å². The summed E-state index contributed by atoms with van der Waals surface area (Å²) in [7, 11) is 0. The van der Waals surface area contributed by atoms with Gasteiger partial charge in [-0.2, -0.15) is 0 Å². The molecule has 1 rings (SSSR count). The van der Waals surface area contributed by atoms with Gasteiger partial charge in [-0.05, 0) is 76.3 Å². The first-order chi connectivity index (χ1) is 13.9. The molecule has 0 N–H and O–H groups in total. The van der Waals surface area contributed by atoms with Gasteiger partial charge < -0.3 is 0 Å². The third-order valence-electron chi connectivity index (χ3n) is 4.34. The molecule has 0 spiro atoms. The van der Waals surface area contributed by atoms with Gasteiger partial charge in [0, 0.05) is 6.20 Å². The minimum Gasteiger partial charge on any atom is -0.257 e. The Morgan fingerprint density at radius 3 is 2.34 bits per heavy atom. The quantitative estimate of drug-likeness (QED) is 0.405. The van der Waals surface area contributed by atoms with E-state index < -0.39 is 0 Å². The van der Waals surface area contributed by atoms with E-state index in [1.807, 2.05) is 24.4 Å². The van der Waals surface area contributed by atoms with Gasteiger partial charge in [-0.15, -0.1) is 0 Å². The Labute approximate surface area is 179 Å². The van der Waals surface area contributed by atoms with E-state index in [0.29, 0.717) is 0 Å². The van der Waals surface area contributed by atoms with Gasteiger partial charge in [0.1, 0.15) is 0 Å². The largest absolute Gasteiger partial charge is 0.257 e.